The van der Waals surface area contributed by atoms with Gasteiger partial charge < -0.3 is 0 Å². The Balaban J connectivity index is 2.29. The van der Waals surface area contributed by atoms with Crippen molar-refractivity contribution >= 4 is 22.5 Å². The van der Waals surface area contributed by atoms with Crippen molar-refractivity contribution in [3.05, 3.63) is 12.2 Å². The molecule has 1 aliphatic rings. The molecular formula is C8H15NO2S2. The van der Waals surface area contributed by atoms with Crippen LogP contribution in [0.5, 0.6) is 0 Å². The molecule has 0 N–H and O–H groups in total. The predicted octanol–water partition coefficient (Wildman–Crippen LogP) is 0.203. The van der Waals surface area contributed by atoms with Crippen LogP contribution < -0.4 is 0 Å². The Morgan fingerprint density at radius 1 is 1.23 bits per heavy atom. The number of nitrogens with zero attached hydrogens (tertiary/aromatic N) is 1. The highest BCUT2D eigenvalue weighted by Crippen LogP contribution is 2.03. The maximum absolute atomic E-state index is 11.1. The highest BCUT2D eigenvalue weighted by Gasteiger charge is 2.20. The van der Waals surface area contributed by atoms with Gasteiger partial charge in [-0.2, -0.15) is 12.6 Å². The average molecular weight is 221 g/mol. The average Bonchev–Trinajstić information content (AvgIpc) is 2.08. The molecule has 0 unspecified atom stereocenters. The summed E-state index contributed by atoms with van der Waals surface area (Å²) in [6.45, 7) is 2.18. The molecule has 0 amide bonds. The van der Waals surface area contributed by atoms with E-state index in [1.807, 2.05) is 12.2 Å². The Bertz CT molecular complexity index is 258. The molecule has 1 aliphatic heterocycles. The summed E-state index contributed by atoms with van der Waals surface area (Å²) in [5.74, 6) is 1.36. The van der Waals surface area contributed by atoms with Crippen molar-refractivity contribution in [2.75, 3.05) is 36.9 Å². The molecule has 0 aromatic rings. The lowest BCUT2D eigenvalue weighted by molar-refractivity contribution is 0.327. The van der Waals surface area contributed by atoms with Crippen LogP contribution in [0.3, 0.4) is 0 Å². The van der Waals surface area contributed by atoms with Gasteiger partial charge in [0.05, 0.1) is 11.5 Å². The van der Waals surface area contributed by atoms with E-state index in [1.54, 1.807) is 0 Å². The van der Waals surface area contributed by atoms with Crippen LogP contribution in [0.2, 0.25) is 0 Å². The molecule has 0 aromatic heterocycles. The molecular weight excluding hydrogens is 206 g/mol. The molecule has 1 fully saturated rings. The van der Waals surface area contributed by atoms with Gasteiger partial charge >= 0.3 is 0 Å². The van der Waals surface area contributed by atoms with Crippen LogP contribution in [0.15, 0.2) is 12.2 Å². The number of thiol groups is 1. The molecule has 1 rings (SSSR count). The summed E-state index contributed by atoms with van der Waals surface area (Å²) < 4.78 is 22.1. The van der Waals surface area contributed by atoms with Gasteiger partial charge in [-0.3, -0.25) is 4.90 Å². The van der Waals surface area contributed by atoms with Crippen LogP contribution in [0.1, 0.15) is 0 Å². The molecule has 3 nitrogen and oxygen atoms in total. The molecule has 76 valence electrons. The van der Waals surface area contributed by atoms with Crippen LogP contribution >= 0.6 is 12.6 Å². The molecule has 0 spiro atoms. The van der Waals surface area contributed by atoms with Gasteiger partial charge in [0.1, 0.15) is 0 Å². The molecule has 0 saturated carbocycles. The van der Waals surface area contributed by atoms with Gasteiger partial charge in [0.15, 0.2) is 9.84 Å². The standard InChI is InChI=1S/C8H15NO2S2/c10-13(11)7-4-9(5-8-13)3-1-2-6-12/h1-2,12H,3-8H2. The SMILES string of the molecule is O=S1(=O)CCN(CC=CCS)CC1. The van der Waals surface area contributed by atoms with E-state index in [-0.39, 0.29) is 0 Å². The summed E-state index contributed by atoms with van der Waals surface area (Å²) in [5.41, 5.74) is 0. The van der Waals surface area contributed by atoms with Crippen LogP contribution in [-0.2, 0) is 9.84 Å². The fourth-order valence-corrected chi connectivity index (χ4v) is 2.66. The van der Waals surface area contributed by atoms with E-state index < -0.39 is 9.84 Å². The van der Waals surface area contributed by atoms with Gasteiger partial charge in [-0.15, -0.1) is 0 Å². The van der Waals surface area contributed by atoms with Crippen LogP contribution in [0.25, 0.3) is 0 Å². The second-order valence-corrected chi connectivity index (χ2v) is 5.78. The summed E-state index contributed by atoms with van der Waals surface area (Å²) in [6, 6.07) is 0. The molecule has 0 aromatic carbocycles. The Morgan fingerprint density at radius 2 is 1.85 bits per heavy atom. The zero-order chi connectivity index (χ0) is 9.73. The topological polar surface area (TPSA) is 37.4 Å². The minimum atomic E-state index is -2.73. The smallest absolute Gasteiger partial charge is 0.152 e. The molecule has 0 atom stereocenters. The van der Waals surface area contributed by atoms with Crippen molar-refractivity contribution in [1.29, 1.82) is 0 Å². The Labute approximate surface area is 85.1 Å². The minimum absolute atomic E-state index is 0.307. The summed E-state index contributed by atoms with van der Waals surface area (Å²) in [4.78, 5) is 2.14. The van der Waals surface area contributed by atoms with Crippen molar-refractivity contribution in [3.8, 4) is 0 Å². The van der Waals surface area contributed by atoms with Gasteiger partial charge in [0, 0.05) is 25.4 Å². The lowest BCUT2D eigenvalue weighted by Crippen LogP contribution is -2.40. The predicted molar refractivity (Wildman–Crippen MR) is 58.1 cm³/mol. The Morgan fingerprint density at radius 3 is 2.38 bits per heavy atom. The second-order valence-electron chi connectivity index (χ2n) is 3.11. The number of rotatable bonds is 3. The van der Waals surface area contributed by atoms with Crippen molar-refractivity contribution < 1.29 is 8.42 Å². The molecule has 1 saturated heterocycles. The third-order valence-electron chi connectivity index (χ3n) is 2.07. The van der Waals surface area contributed by atoms with E-state index in [9.17, 15) is 8.42 Å². The largest absolute Gasteiger partial charge is 0.298 e. The van der Waals surface area contributed by atoms with E-state index >= 15 is 0 Å². The fraction of sp³-hybridized carbons (Fsp3) is 0.750. The van der Waals surface area contributed by atoms with Gasteiger partial charge in [0.25, 0.3) is 0 Å². The molecule has 5 heteroatoms. The quantitative estimate of drug-likeness (QED) is 0.546. The number of sulfone groups is 1. The van der Waals surface area contributed by atoms with Gasteiger partial charge in [-0.1, -0.05) is 12.2 Å². The van der Waals surface area contributed by atoms with Crippen LogP contribution in [-0.4, -0.2) is 50.2 Å². The van der Waals surface area contributed by atoms with E-state index in [4.69, 9.17) is 0 Å². The molecule has 1 heterocycles. The first-order valence-electron chi connectivity index (χ1n) is 4.33. The molecule has 13 heavy (non-hydrogen) atoms. The third-order valence-corrected chi connectivity index (χ3v) is 3.89. The summed E-state index contributed by atoms with van der Waals surface area (Å²) in [6.07, 6.45) is 4.01. The maximum atomic E-state index is 11.1. The monoisotopic (exact) mass is 221 g/mol. The molecule has 0 aliphatic carbocycles. The number of hydrogen-bond acceptors (Lipinski definition) is 4. The lowest BCUT2D eigenvalue weighted by Gasteiger charge is -2.24. The van der Waals surface area contributed by atoms with E-state index in [0.29, 0.717) is 24.6 Å². The van der Waals surface area contributed by atoms with E-state index in [2.05, 4.69) is 17.5 Å². The third kappa shape index (κ3) is 4.15. The van der Waals surface area contributed by atoms with Gasteiger partial charge in [-0.25, -0.2) is 8.42 Å². The zero-order valence-corrected chi connectivity index (χ0v) is 9.23. The molecule has 0 radical (unpaired) electrons. The Hall–Kier alpha value is -0.000000000000000111. The van der Waals surface area contributed by atoms with E-state index in [1.165, 1.54) is 0 Å². The fourth-order valence-electron chi connectivity index (χ4n) is 1.23. The first-order chi connectivity index (χ1) is 6.14. The van der Waals surface area contributed by atoms with E-state index in [0.717, 1.165) is 12.3 Å². The zero-order valence-electron chi connectivity index (χ0n) is 7.52. The number of hydrogen-bond donors (Lipinski definition) is 1. The van der Waals surface area contributed by atoms with Crippen LogP contribution in [0, 0.1) is 0 Å². The summed E-state index contributed by atoms with van der Waals surface area (Å²) in [5, 5.41) is 0. The first-order valence-corrected chi connectivity index (χ1v) is 6.78. The summed E-state index contributed by atoms with van der Waals surface area (Å²) >= 11 is 4.04. The van der Waals surface area contributed by atoms with Crippen molar-refractivity contribution in [3.63, 3.8) is 0 Å². The van der Waals surface area contributed by atoms with Gasteiger partial charge in [-0.05, 0) is 0 Å². The Kier molecular flexibility index (Phi) is 4.28. The van der Waals surface area contributed by atoms with Crippen molar-refractivity contribution in [1.82, 2.24) is 4.90 Å². The summed E-state index contributed by atoms with van der Waals surface area (Å²) in [7, 11) is -2.73. The van der Waals surface area contributed by atoms with Gasteiger partial charge in [0.2, 0.25) is 0 Å². The highest BCUT2D eigenvalue weighted by molar-refractivity contribution is 7.91. The molecule has 0 bridgehead atoms. The highest BCUT2D eigenvalue weighted by atomic mass is 32.2. The van der Waals surface area contributed by atoms with Crippen molar-refractivity contribution in [2.24, 2.45) is 0 Å². The minimum Gasteiger partial charge on any atom is -0.298 e. The normalized spacial score (nSPS) is 23.8. The maximum Gasteiger partial charge on any atom is 0.152 e. The first kappa shape index (κ1) is 11.1. The second kappa shape index (κ2) is 5.02. The van der Waals surface area contributed by atoms with Crippen molar-refractivity contribution in [2.45, 2.75) is 0 Å². The van der Waals surface area contributed by atoms with Crippen LogP contribution in [0.4, 0.5) is 0 Å². The lowest BCUT2D eigenvalue weighted by atomic mass is 10.4.